The van der Waals surface area contributed by atoms with Gasteiger partial charge in [-0.2, -0.15) is 18.3 Å². The second kappa shape index (κ2) is 11.0. The number of imidazole rings is 1. The molecule has 2 N–H and O–H groups in total. The van der Waals surface area contributed by atoms with E-state index in [0.717, 1.165) is 31.2 Å². The van der Waals surface area contributed by atoms with Gasteiger partial charge < -0.3 is 14.5 Å². The van der Waals surface area contributed by atoms with Gasteiger partial charge in [0.2, 0.25) is 5.62 Å². The molecule has 0 aliphatic heterocycles. The summed E-state index contributed by atoms with van der Waals surface area (Å²) in [5.41, 5.74) is 1.06. The molecule has 4 aromatic rings. The summed E-state index contributed by atoms with van der Waals surface area (Å²) in [7, 11) is 0. The van der Waals surface area contributed by atoms with Gasteiger partial charge in [0, 0.05) is 42.3 Å². The van der Waals surface area contributed by atoms with Crippen molar-refractivity contribution in [2.24, 2.45) is 5.92 Å². The SMILES string of the molecule is CCn1cc(-c2cc(Cn3ccn(C4CC4)c3=N)cc(C(=O)N[C@H](c3ccc(Cl)c(Cl)c3)C3CC3)c2)c(C(F)(F)F)n1. The van der Waals surface area contributed by atoms with E-state index in [1.807, 2.05) is 16.8 Å². The lowest BCUT2D eigenvalue weighted by molar-refractivity contribution is -0.141. The highest BCUT2D eigenvalue weighted by Gasteiger charge is 2.38. The number of carbonyl (C=O) groups is 1. The van der Waals surface area contributed by atoms with Gasteiger partial charge in [-0.3, -0.25) is 14.9 Å². The lowest BCUT2D eigenvalue weighted by Crippen LogP contribution is -2.30. The van der Waals surface area contributed by atoms with Gasteiger partial charge in [0.1, 0.15) is 0 Å². The van der Waals surface area contributed by atoms with Crippen molar-refractivity contribution in [2.75, 3.05) is 0 Å². The van der Waals surface area contributed by atoms with Gasteiger partial charge in [-0.05, 0) is 85.5 Å². The summed E-state index contributed by atoms with van der Waals surface area (Å²) in [4.78, 5) is 13.8. The van der Waals surface area contributed by atoms with E-state index in [4.69, 9.17) is 28.6 Å². The summed E-state index contributed by atoms with van der Waals surface area (Å²) < 4.78 is 47.0. The number of nitrogens with zero attached hydrogens (tertiary/aromatic N) is 4. The Labute approximate surface area is 250 Å². The van der Waals surface area contributed by atoms with Crippen LogP contribution in [-0.4, -0.2) is 24.8 Å². The molecule has 2 aliphatic rings. The molecule has 2 saturated carbocycles. The third-order valence-electron chi connectivity index (χ3n) is 7.82. The molecular formula is C30H29Cl2F3N6O. The van der Waals surface area contributed by atoms with Gasteiger partial charge in [0.25, 0.3) is 5.91 Å². The van der Waals surface area contributed by atoms with Crippen LogP contribution in [-0.2, 0) is 19.3 Å². The zero-order valence-electron chi connectivity index (χ0n) is 22.8. The molecule has 2 aliphatic carbocycles. The van der Waals surface area contributed by atoms with E-state index in [0.29, 0.717) is 27.3 Å². The Morgan fingerprint density at radius 3 is 2.50 bits per heavy atom. The number of carbonyl (C=O) groups excluding carboxylic acids is 1. The smallest absolute Gasteiger partial charge is 0.345 e. The number of amides is 1. The Bertz CT molecular complexity index is 1710. The number of benzene rings is 2. The van der Waals surface area contributed by atoms with Gasteiger partial charge in [0.05, 0.1) is 22.6 Å². The normalized spacial score (nSPS) is 16.0. The van der Waals surface area contributed by atoms with Gasteiger partial charge >= 0.3 is 6.18 Å². The van der Waals surface area contributed by atoms with Crippen molar-refractivity contribution in [3.8, 4) is 11.1 Å². The van der Waals surface area contributed by atoms with Crippen molar-refractivity contribution in [3.05, 3.63) is 93.0 Å². The zero-order chi connectivity index (χ0) is 29.8. The number of aromatic nitrogens is 4. The van der Waals surface area contributed by atoms with Crippen molar-refractivity contribution >= 4 is 29.1 Å². The first kappa shape index (κ1) is 28.6. The largest absolute Gasteiger partial charge is 0.435 e. The van der Waals surface area contributed by atoms with Crippen LogP contribution in [0.4, 0.5) is 13.2 Å². The molecule has 220 valence electrons. The zero-order valence-corrected chi connectivity index (χ0v) is 24.3. The minimum absolute atomic E-state index is 0.102. The van der Waals surface area contributed by atoms with E-state index in [2.05, 4.69) is 10.4 Å². The molecule has 0 radical (unpaired) electrons. The summed E-state index contributed by atoms with van der Waals surface area (Å²) in [6.07, 6.45) is 4.22. The van der Waals surface area contributed by atoms with Crippen molar-refractivity contribution in [1.29, 1.82) is 5.41 Å². The Kier molecular flexibility index (Phi) is 7.47. The highest BCUT2D eigenvalue weighted by molar-refractivity contribution is 6.42. The minimum Gasteiger partial charge on any atom is -0.345 e. The standard InChI is InChI=1S/C30H29Cl2F3N6O/c1-2-40-16-23(27(38-40)30(33,34)35)20-11-17(15-39-9-10-41(29(39)36)22-6-7-22)12-21(13-20)28(42)37-26(18-3-4-18)19-5-8-24(31)25(32)14-19/h5,8-14,16,18,22,26,36H,2-4,6-7,15H2,1H3,(H,37,42)/t26-/m0/s1. The number of aryl methyl sites for hydroxylation is 1. The van der Waals surface area contributed by atoms with E-state index < -0.39 is 17.8 Å². The van der Waals surface area contributed by atoms with Crippen LogP contribution < -0.4 is 10.9 Å². The molecule has 2 aromatic carbocycles. The van der Waals surface area contributed by atoms with Crippen LogP contribution in [0, 0.1) is 11.3 Å². The molecule has 1 amide bonds. The molecule has 0 unspecified atom stereocenters. The van der Waals surface area contributed by atoms with Gasteiger partial charge in [-0.25, -0.2) is 0 Å². The quantitative estimate of drug-likeness (QED) is 0.208. The number of hydrogen-bond donors (Lipinski definition) is 2. The van der Waals surface area contributed by atoms with Gasteiger partial charge in [-0.15, -0.1) is 0 Å². The predicted octanol–water partition coefficient (Wildman–Crippen LogP) is 7.24. The Morgan fingerprint density at radius 1 is 1.10 bits per heavy atom. The van der Waals surface area contributed by atoms with Crippen molar-refractivity contribution in [2.45, 2.75) is 64.0 Å². The molecule has 0 saturated heterocycles. The molecule has 2 fully saturated rings. The van der Waals surface area contributed by atoms with Gasteiger partial charge in [0.15, 0.2) is 5.69 Å². The second-order valence-electron chi connectivity index (χ2n) is 11.0. The van der Waals surface area contributed by atoms with Crippen molar-refractivity contribution < 1.29 is 18.0 Å². The second-order valence-corrected chi connectivity index (χ2v) is 11.8. The van der Waals surface area contributed by atoms with Crippen LogP contribution >= 0.6 is 23.2 Å². The van der Waals surface area contributed by atoms with E-state index in [-0.39, 0.29) is 41.7 Å². The first-order valence-corrected chi connectivity index (χ1v) is 14.6. The van der Waals surface area contributed by atoms with Crippen LogP contribution in [0.15, 0.2) is 55.0 Å². The summed E-state index contributed by atoms with van der Waals surface area (Å²) in [5.74, 6) is -0.193. The fraction of sp³-hybridized carbons (Fsp3) is 0.367. The first-order valence-electron chi connectivity index (χ1n) is 13.9. The van der Waals surface area contributed by atoms with Crippen molar-refractivity contribution in [3.63, 3.8) is 0 Å². The van der Waals surface area contributed by atoms with E-state index in [9.17, 15) is 18.0 Å². The van der Waals surface area contributed by atoms with E-state index >= 15 is 0 Å². The van der Waals surface area contributed by atoms with Crippen molar-refractivity contribution in [1.82, 2.24) is 24.2 Å². The summed E-state index contributed by atoms with van der Waals surface area (Å²) >= 11 is 12.4. The molecule has 2 heterocycles. The highest BCUT2D eigenvalue weighted by Crippen LogP contribution is 2.43. The van der Waals surface area contributed by atoms with E-state index in [1.54, 1.807) is 42.0 Å². The van der Waals surface area contributed by atoms with Crippen LogP contribution in [0.2, 0.25) is 10.0 Å². The average molecular weight is 618 g/mol. The molecule has 1 atom stereocenters. The molecule has 42 heavy (non-hydrogen) atoms. The molecule has 7 nitrogen and oxygen atoms in total. The molecule has 12 heteroatoms. The number of nitrogens with one attached hydrogen (secondary N) is 2. The number of halogens is 5. The summed E-state index contributed by atoms with van der Waals surface area (Å²) in [6, 6.07) is 10.0. The average Bonchev–Trinajstić information content (AvgIpc) is 3.89. The molecule has 6 rings (SSSR count). The Balaban J connectivity index is 1.40. The van der Waals surface area contributed by atoms with E-state index in [1.165, 1.54) is 16.9 Å². The van der Waals surface area contributed by atoms with Gasteiger partial charge in [-0.1, -0.05) is 29.3 Å². The predicted molar refractivity (Wildman–Crippen MR) is 153 cm³/mol. The Morgan fingerprint density at radius 2 is 1.86 bits per heavy atom. The number of hydrogen-bond acceptors (Lipinski definition) is 3. The fourth-order valence-electron chi connectivity index (χ4n) is 5.32. The molecule has 0 bridgehead atoms. The van der Waals surface area contributed by atoms with Crippen LogP contribution in [0.25, 0.3) is 11.1 Å². The lowest BCUT2D eigenvalue weighted by atomic mass is 9.98. The molecule has 0 spiro atoms. The van der Waals surface area contributed by atoms with Crippen LogP contribution in [0.1, 0.15) is 71.9 Å². The minimum atomic E-state index is -4.68. The van der Waals surface area contributed by atoms with Crippen LogP contribution in [0.5, 0.6) is 0 Å². The molecule has 2 aromatic heterocycles. The third kappa shape index (κ3) is 5.87. The maximum atomic E-state index is 14.0. The van der Waals surface area contributed by atoms with Crippen LogP contribution in [0.3, 0.4) is 0 Å². The highest BCUT2D eigenvalue weighted by atomic mass is 35.5. The maximum absolute atomic E-state index is 14.0. The summed E-state index contributed by atoms with van der Waals surface area (Å²) in [5, 5.41) is 16.2. The topological polar surface area (TPSA) is 80.6 Å². The fourth-order valence-corrected chi connectivity index (χ4v) is 5.63. The number of rotatable bonds is 9. The molecular weight excluding hydrogens is 588 g/mol. The first-order chi connectivity index (χ1) is 20.0. The lowest BCUT2D eigenvalue weighted by Gasteiger charge is -2.20. The third-order valence-corrected chi connectivity index (χ3v) is 8.56. The Hall–Kier alpha value is -3.50. The summed E-state index contributed by atoms with van der Waals surface area (Å²) in [6.45, 7) is 2.19. The monoisotopic (exact) mass is 616 g/mol. The maximum Gasteiger partial charge on any atom is 0.435 e. The number of alkyl halides is 3.